The maximum Gasteiger partial charge on any atom is 0.150 e. The Morgan fingerprint density at radius 3 is 2.93 bits per heavy atom. The van der Waals surface area contributed by atoms with Crippen molar-refractivity contribution in [1.82, 2.24) is 15.3 Å². The van der Waals surface area contributed by atoms with Crippen molar-refractivity contribution in [1.29, 1.82) is 0 Å². The molecular formula is C10H16N4. The number of hydrogen-bond donors (Lipinski definition) is 1. The zero-order chi connectivity index (χ0) is 9.97. The van der Waals surface area contributed by atoms with Crippen LogP contribution in [0, 0.1) is 6.92 Å². The Balaban J connectivity index is 2.18. The monoisotopic (exact) mass is 192 g/mol. The molecule has 1 fully saturated rings. The zero-order valence-electron chi connectivity index (χ0n) is 8.70. The lowest BCUT2D eigenvalue weighted by molar-refractivity contribution is 0.481. The van der Waals surface area contributed by atoms with Crippen molar-refractivity contribution in [3.05, 3.63) is 18.1 Å². The highest BCUT2D eigenvalue weighted by Gasteiger charge is 2.18. The van der Waals surface area contributed by atoms with Gasteiger partial charge >= 0.3 is 0 Å². The summed E-state index contributed by atoms with van der Waals surface area (Å²) < 4.78 is 0. The van der Waals surface area contributed by atoms with Crippen LogP contribution in [0.3, 0.4) is 0 Å². The Morgan fingerprint density at radius 1 is 1.43 bits per heavy atom. The molecule has 0 amide bonds. The number of aryl methyl sites for hydroxylation is 1. The number of nitrogens with zero attached hydrogens (tertiary/aromatic N) is 3. The van der Waals surface area contributed by atoms with Crippen LogP contribution in [0.1, 0.15) is 12.6 Å². The second kappa shape index (κ2) is 3.92. The summed E-state index contributed by atoms with van der Waals surface area (Å²) in [4.78, 5) is 10.9. The van der Waals surface area contributed by atoms with Gasteiger partial charge in [0, 0.05) is 38.1 Å². The van der Waals surface area contributed by atoms with E-state index in [1.165, 1.54) is 0 Å². The SMILES string of the molecule is Cc1nccnc1N1CCN[C@H](C)C1. The fraction of sp³-hybridized carbons (Fsp3) is 0.600. The smallest absolute Gasteiger partial charge is 0.150 e. The second-order valence-electron chi connectivity index (χ2n) is 3.77. The first-order valence-corrected chi connectivity index (χ1v) is 5.03. The van der Waals surface area contributed by atoms with Crippen LogP contribution < -0.4 is 10.2 Å². The molecule has 76 valence electrons. The third-order valence-corrected chi connectivity index (χ3v) is 2.52. The Morgan fingerprint density at radius 2 is 2.21 bits per heavy atom. The molecule has 0 unspecified atom stereocenters. The fourth-order valence-electron chi connectivity index (χ4n) is 1.84. The predicted molar refractivity (Wildman–Crippen MR) is 56.4 cm³/mol. The van der Waals surface area contributed by atoms with Gasteiger partial charge in [-0.1, -0.05) is 0 Å². The van der Waals surface area contributed by atoms with E-state index in [-0.39, 0.29) is 0 Å². The van der Waals surface area contributed by atoms with Gasteiger partial charge in [0.1, 0.15) is 5.82 Å². The Labute approximate surface area is 84.4 Å². The van der Waals surface area contributed by atoms with Crippen molar-refractivity contribution in [2.75, 3.05) is 24.5 Å². The normalized spacial score (nSPS) is 22.4. The molecule has 0 aliphatic carbocycles. The largest absolute Gasteiger partial charge is 0.352 e. The summed E-state index contributed by atoms with van der Waals surface area (Å²) in [5, 5.41) is 3.41. The van der Waals surface area contributed by atoms with E-state index < -0.39 is 0 Å². The number of piperazine rings is 1. The molecule has 1 N–H and O–H groups in total. The summed E-state index contributed by atoms with van der Waals surface area (Å²) >= 11 is 0. The van der Waals surface area contributed by atoms with Crippen molar-refractivity contribution in [3.8, 4) is 0 Å². The van der Waals surface area contributed by atoms with Gasteiger partial charge in [-0.15, -0.1) is 0 Å². The molecule has 1 aromatic rings. The van der Waals surface area contributed by atoms with Crippen LogP contribution >= 0.6 is 0 Å². The number of anilines is 1. The lowest BCUT2D eigenvalue weighted by Gasteiger charge is -2.33. The van der Waals surface area contributed by atoms with E-state index in [4.69, 9.17) is 0 Å². The maximum absolute atomic E-state index is 4.37. The lowest BCUT2D eigenvalue weighted by Crippen LogP contribution is -2.49. The van der Waals surface area contributed by atoms with Gasteiger partial charge in [0.2, 0.25) is 0 Å². The molecule has 1 saturated heterocycles. The number of hydrogen-bond acceptors (Lipinski definition) is 4. The van der Waals surface area contributed by atoms with Crippen LogP contribution in [0.4, 0.5) is 5.82 Å². The summed E-state index contributed by atoms with van der Waals surface area (Å²) in [7, 11) is 0. The van der Waals surface area contributed by atoms with E-state index in [0.29, 0.717) is 6.04 Å². The minimum atomic E-state index is 0.533. The first-order chi connectivity index (χ1) is 6.77. The highest BCUT2D eigenvalue weighted by Crippen LogP contribution is 2.15. The van der Waals surface area contributed by atoms with Gasteiger partial charge in [-0.05, 0) is 13.8 Å². The van der Waals surface area contributed by atoms with E-state index in [9.17, 15) is 0 Å². The summed E-state index contributed by atoms with van der Waals surface area (Å²) in [5.41, 5.74) is 1.02. The van der Waals surface area contributed by atoms with Crippen LogP contribution in [-0.2, 0) is 0 Å². The van der Waals surface area contributed by atoms with Gasteiger partial charge in [-0.2, -0.15) is 0 Å². The minimum absolute atomic E-state index is 0.533. The predicted octanol–water partition coefficient (Wildman–Crippen LogP) is 0.583. The summed E-state index contributed by atoms with van der Waals surface area (Å²) in [6, 6.07) is 0.533. The molecule has 4 nitrogen and oxygen atoms in total. The molecule has 1 aromatic heterocycles. The molecular weight excluding hydrogens is 176 g/mol. The van der Waals surface area contributed by atoms with E-state index in [1.54, 1.807) is 12.4 Å². The van der Waals surface area contributed by atoms with E-state index in [2.05, 4.69) is 27.1 Å². The van der Waals surface area contributed by atoms with E-state index >= 15 is 0 Å². The third-order valence-electron chi connectivity index (χ3n) is 2.52. The van der Waals surface area contributed by atoms with Gasteiger partial charge in [0.15, 0.2) is 0 Å². The molecule has 4 heteroatoms. The first-order valence-electron chi connectivity index (χ1n) is 5.03. The number of rotatable bonds is 1. The van der Waals surface area contributed by atoms with Gasteiger partial charge in [0.25, 0.3) is 0 Å². The van der Waals surface area contributed by atoms with Crippen molar-refractivity contribution in [2.24, 2.45) is 0 Å². The molecule has 0 saturated carbocycles. The average Bonchev–Trinajstić information content (AvgIpc) is 2.18. The Kier molecular flexibility index (Phi) is 2.63. The maximum atomic E-state index is 4.37. The van der Waals surface area contributed by atoms with Crippen LogP contribution in [-0.4, -0.2) is 35.6 Å². The van der Waals surface area contributed by atoms with Gasteiger partial charge in [-0.25, -0.2) is 4.98 Å². The number of aromatic nitrogens is 2. The summed E-state index contributed by atoms with van der Waals surface area (Å²) in [6.07, 6.45) is 3.50. The summed E-state index contributed by atoms with van der Waals surface area (Å²) in [6.45, 7) is 7.26. The van der Waals surface area contributed by atoms with Crippen molar-refractivity contribution in [3.63, 3.8) is 0 Å². The van der Waals surface area contributed by atoms with Crippen molar-refractivity contribution in [2.45, 2.75) is 19.9 Å². The minimum Gasteiger partial charge on any atom is -0.352 e. The van der Waals surface area contributed by atoms with Gasteiger partial charge in [-0.3, -0.25) is 4.98 Å². The number of nitrogens with one attached hydrogen (secondary N) is 1. The molecule has 1 aliphatic rings. The quantitative estimate of drug-likeness (QED) is 0.707. The molecule has 2 rings (SSSR count). The Bertz CT molecular complexity index is 313. The van der Waals surface area contributed by atoms with Crippen molar-refractivity contribution >= 4 is 5.82 Å². The molecule has 0 radical (unpaired) electrons. The first kappa shape index (κ1) is 9.40. The van der Waals surface area contributed by atoms with E-state index in [0.717, 1.165) is 31.1 Å². The Hall–Kier alpha value is -1.16. The molecule has 14 heavy (non-hydrogen) atoms. The fourth-order valence-corrected chi connectivity index (χ4v) is 1.84. The van der Waals surface area contributed by atoms with Crippen molar-refractivity contribution < 1.29 is 0 Å². The second-order valence-corrected chi connectivity index (χ2v) is 3.77. The topological polar surface area (TPSA) is 41.1 Å². The van der Waals surface area contributed by atoms with Gasteiger partial charge < -0.3 is 10.2 Å². The zero-order valence-corrected chi connectivity index (χ0v) is 8.70. The molecule has 0 aromatic carbocycles. The van der Waals surface area contributed by atoms with E-state index in [1.807, 2.05) is 6.92 Å². The molecule has 0 spiro atoms. The molecule has 0 bridgehead atoms. The summed E-state index contributed by atoms with van der Waals surface area (Å²) in [5.74, 6) is 1.03. The standard InChI is InChI=1S/C10H16N4/c1-8-7-14(6-5-11-8)10-9(2)12-3-4-13-10/h3-4,8,11H,5-7H2,1-2H3/t8-/m1/s1. The highest BCUT2D eigenvalue weighted by molar-refractivity contribution is 5.42. The molecule has 2 heterocycles. The molecule has 1 atom stereocenters. The lowest BCUT2D eigenvalue weighted by atomic mass is 10.2. The van der Waals surface area contributed by atoms with Gasteiger partial charge in [0.05, 0.1) is 5.69 Å². The van der Waals surface area contributed by atoms with Crippen LogP contribution in [0.25, 0.3) is 0 Å². The van der Waals surface area contributed by atoms with Crippen LogP contribution in [0.2, 0.25) is 0 Å². The molecule has 1 aliphatic heterocycles. The van der Waals surface area contributed by atoms with Crippen LogP contribution in [0.5, 0.6) is 0 Å². The highest BCUT2D eigenvalue weighted by atomic mass is 15.2. The third kappa shape index (κ3) is 1.85. The average molecular weight is 192 g/mol. The van der Waals surface area contributed by atoms with Crippen LogP contribution in [0.15, 0.2) is 12.4 Å².